The first kappa shape index (κ1) is 20.0. The van der Waals surface area contributed by atoms with Crippen molar-refractivity contribution < 1.29 is 14.0 Å². The van der Waals surface area contributed by atoms with E-state index < -0.39 is 12.6 Å². The molecule has 2 rings (SSSR count). The van der Waals surface area contributed by atoms with E-state index >= 15 is 0 Å². The molecule has 0 aliphatic carbocycles. The Morgan fingerprint density at radius 2 is 1.92 bits per heavy atom. The molecule has 0 N–H and O–H groups in total. The van der Waals surface area contributed by atoms with Crippen LogP contribution in [0.4, 0.5) is 5.95 Å². The molecule has 0 spiro atoms. The third-order valence-electron chi connectivity index (χ3n) is 3.84. The first-order valence-corrected chi connectivity index (χ1v) is 11.2. The van der Waals surface area contributed by atoms with Crippen molar-refractivity contribution in [1.29, 1.82) is 0 Å². The minimum Gasteiger partial charge on any atom is -0.390 e. The van der Waals surface area contributed by atoms with E-state index in [-0.39, 0.29) is 12.6 Å². The van der Waals surface area contributed by atoms with Gasteiger partial charge in [-0.15, -0.1) is 0 Å². The van der Waals surface area contributed by atoms with Crippen LogP contribution in [-0.4, -0.2) is 60.7 Å². The van der Waals surface area contributed by atoms with Gasteiger partial charge in [0.25, 0.3) is 0 Å². The Morgan fingerprint density at radius 1 is 1.33 bits per heavy atom. The van der Waals surface area contributed by atoms with Gasteiger partial charge in [-0.2, -0.15) is 0 Å². The van der Waals surface area contributed by atoms with Crippen LogP contribution in [0.15, 0.2) is 6.20 Å². The SMILES string of the molecule is Cn1c(COP2(=O)N(CCBr)CCCN2CCBr)cnc1[N+](=O)[O-]. The predicted molar refractivity (Wildman–Crippen MR) is 97.6 cm³/mol. The highest BCUT2D eigenvalue weighted by atomic mass is 79.9. The topological polar surface area (TPSA) is 93.7 Å². The molecule has 1 fully saturated rings. The van der Waals surface area contributed by atoms with E-state index in [0.717, 1.165) is 6.42 Å². The summed E-state index contributed by atoms with van der Waals surface area (Å²) < 4.78 is 24.4. The number of nitro groups is 1. The minimum absolute atomic E-state index is 0.00614. The molecular formula is C12H20Br2N5O4P. The quantitative estimate of drug-likeness (QED) is 0.240. The average Bonchev–Trinajstić information content (AvgIpc) is 2.91. The van der Waals surface area contributed by atoms with E-state index in [4.69, 9.17) is 4.52 Å². The molecule has 0 saturated carbocycles. The van der Waals surface area contributed by atoms with Gasteiger partial charge in [0, 0.05) is 36.8 Å². The van der Waals surface area contributed by atoms with Crippen LogP contribution in [0.3, 0.4) is 0 Å². The molecule has 2 heterocycles. The van der Waals surface area contributed by atoms with Gasteiger partial charge >= 0.3 is 13.6 Å². The van der Waals surface area contributed by atoms with Crippen molar-refractivity contribution in [2.45, 2.75) is 13.0 Å². The van der Waals surface area contributed by atoms with Crippen molar-refractivity contribution in [3.63, 3.8) is 0 Å². The molecule has 136 valence electrons. The van der Waals surface area contributed by atoms with Crippen molar-refractivity contribution in [2.75, 3.05) is 36.8 Å². The average molecular weight is 489 g/mol. The Kier molecular flexibility index (Phi) is 7.39. The Balaban J connectivity index is 2.18. The number of imidazole rings is 1. The summed E-state index contributed by atoms with van der Waals surface area (Å²) in [5.74, 6) is -0.259. The lowest BCUT2D eigenvalue weighted by Crippen LogP contribution is -2.41. The van der Waals surface area contributed by atoms with Crippen LogP contribution in [0.2, 0.25) is 0 Å². The van der Waals surface area contributed by atoms with Crippen molar-refractivity contribution in [1.82, 2.24) is 18.9 Å². The second kappa shape index (κ2) is 8.86. The van der Waals surface area contributed by atoms with Gasteiger partial charge in [0.15, 0.2) is 0 Å². The third-order valence-corrected chi connectivity index (χ3v) is 7.24. The lowest BCUT2D eigenvalue weighted by atomic mass is 10.4. The molecule has 1 saturated heterocycles. The Bertz CT molecular complexity index is 607. The molecule has 1 aliphatic heterocycles. The molecule has 0 bridgehead atoms. The summed E-state index contributed by atoms with van der Waals surface area (Å²) in [5.41, 5.74) is 0.514. The summed E-state index contributed by atoms with van der Waals surface area (Å²) >= 11 is 6.77. The number of rotatable bonds is 8. The monoisotopic (exact) mass is 487 g/mol. The standard InChI is InChI=1S/C12H20Br2N5O4P/c1-16-11(9-15-12(16)19(20)21)10-23-24(22)17(7-3-13)5-2-6-18(24)8-4-14/h9H,2-8,10H2,1H3. The van der Waals surface area contributed by atoms with E-state index in [2.05, 4.69) is 36.8 Å². The van der Waals surface area contributed by atoms with Crippen molar-refractivity contribution in [3.8, 4) is 0 Å². The van der Waals surface area contributed by atoms with E-state index in [1.165, 1.54) is 10.8 Å². The van der Waals surface area contributed by atoms with Gasteiger partial charge in [0.2, 0.25) is 0 Å². The summed E-state index contributed by atoms with van der Waals surface area (Å²) in [6.45, 7) is 2.63. The van der Waals surface area contributed by atoms with Crippen LogP contribution < -0.4 is 0 Å². The van der Waals surface area contributed by atoms with E-state index in [1.54, 1.807) is 7.05 Å². The molecule has 1 aromatic heterocycles. The second-order valence-corrected chi connectivity index (χ2v) is 9.23. The van der Waals surface area contributed by atoms with Gasteiger partial charge in [-0.3, -0.25) is 9.09 Å². The molecule has 0 atom stereocenters. The third kappa shape index (κ3) is 4.25. The fraction of sp³-hybridized carbons (Fsp3) is 0.750. The summed E-state index contributed by atoms with van der Waals surface area (Å²) in [5, 5.41) is 12.3. The fourth-order valence-corrected chi connectivity index (χ4v) is 6.47. The number of alkyl halides is 2. The van der Waals surface area contributed by atoms with E-state index in [1.807, 2.05) is 9.34 Å². The number of hydrogen-bond donors (Lipinski definition) is 0. The zero-order valence-corrected chi connectivity index (χ0v) is 17.4. The molecule has 9 nitrogen and oxygen atoms in total. The summed E-state index contributed by atoms with van der Waals surface area (Å²) in [7, 11) is -1.62. The Labute approximate surface area is 157 Å². The lowest BCUT2D eigenvalue weighted by Gasteiger charge is -2.41. The summed E-state index contributed by atoms with van der Waals surface area (Å²) in [6, 6.07) is 0. The van der Waals surface area contributed by atoms with E-state index in [9.17, 15) is 14.7 Å². The maximum absolute atomic E-state index is 13.5. The number of aromatic nitrogens is 2. The van der Waals surface area contributed by atoms with Gasteiger partial charge in [-0.1, -0.05) is 36.8 Å². The minimum atomic E-state index is -3.17. The summed E-state index contributed by atoms with van der Waals surface area (Å²) in [4.78, 5) is 14.1. The van der Waals surface area contributed by atoms with Gasteiger partial charge in [-0.25, -0.2) is 13.9 Å². The van der Waals surface area contributed by atoms with Crippen LogP contribution in [0.1, 0.15) is 12.1 Å². The van der Waals surface area contributed by atoms with Crippen LogP contribution in [0, 0.1) is 10.1 Å². The molecule has 0 amide bonds. The molecule has 12 heteroatoms. The molecule has 24 heavy (non-hydrogen) atoms. The smallest absolute Gasteiger partial charge is 0.390 e. The Morgan fingerprint density at radius 3 is 2.38 bits per heavy atom. The lowest BCUT2D eigenvalue weighted by molar-refractivity contribution is -0.396. The largest absolute Gasteiger partial charge is 0.434 e. The number of halogens is 2. The van der Waals surface area contributed by atoms with Crippen LogP contribution in [0.25, 0.3) is 0 Å². The first-order chi connectivity index (χ1) is 11.4. The van der Waals surface area contributed by atoms with Crippen LogP contribution in [0.5, 0.6) is 0 Å². The maximum Gasteiger partial charge on any atom is 0.434 e. The van der Waals surface area contributed by atoms with Crippen LogP contribution >= 0.6 is 39.5 Å². The highest BCUT2D eigenvalue weighted by molar-refractivity contribution is 9.09. The van der Waals surface area contributed by atoms with Crippen molar-refractivity contribution >= 4 is 45.5 Å². The molecular weight excluding hydrogens is 469 g/mol. The number of nitrogens with zero attached hydrogens (tertiary/aromatic N) is 5. The molecule has 1 aromatic rings. The molecule has 0 aromatic carbocycles. The zero-order valence-electron chi connectivity index (χ0n) is 13.3. The predicted octanol–water partition coefficient (Wildman–Crippen LogP) is 2.75. The zero-order chi connectivity index (χ0) is 17.7. The van der Waals surface area contributed by atoms with E-state index in [0.29, 0.717) is 42.5 Å². The van der Waals surface area contributed by atoms with Crippen molar-refractivity contribution in [2.24, 2.45) is 7.05 Å². The first-order valence-electron chi connectivity index (χ1n) is 7.46. The molecule has 0 radical (unpaired) electrons. The summed E-state index contributed by atoms with van der Waals surface area (Å²) in [6.07, 6.45) is 2.31. The van der Waals surface area contributed by atoms with Gasteiger partial charge < -0.3 is 10.1 Å². The van der Waals surface area contributed by atoms with Gasteiger partial charge in [-0.05, 0) is 11.3 Å². The van der Waals surface area contributed by atoms with Crippen LogP contribution in [-0.2, 0) is 22.7 Å². The van der Waals surface area contributed by atoms with Crippen molar-refractivity contribution in [3.05, 3.63) is 22.0 Å². The molecule has 1 aliphatic rings. The maximum atomic E-state index is 13.5. The normalized spacial score (nSPS) is 18.8. The number of hydrogen-bond acceptors (Lipinski definition) is 5. The highest BCUT2D eigenvalue weighted by Gasteiger charge is 2.41. The molecule has 0 unspecified atom stereocenters. The Hall–Kier alpha value is -0.320. The fourth-order valence-electron chi connectivity index (χ4n) is 2.59. The van der Waals surface area contributed by atoms with Gasteiger partial charge in [0.05, 0.1) is 7.05 Å². The second-order valence-electron chi connectivity index (χ2n) is 5.27. The van der Waals surface area contributed by atoms with Gasteiger partial charge in [0.1, 0.15) is 18.5 Å². The highest BCUT2D eigenvalue weighted by Crippen LogP contribution is 2.56.